The van der Waals surface area contributed by atoms with Crippen molar-refractivity contribution >= 4 is 28.6 Å². The average molecular weight is 626 g/mol. The number of nitrogens with one attached hydrogen (secondary N) is 1. The summed E-state index contributed by atoms with van der Waals surface area (Å²) in [6.07, 6.45) is 8.63. The van der Waals surface area contributed by atoms with Crippen molar-refractivity contribution in [3.05, 3.63) is 54.0 Å². The van der Waals surface area contributed by atoms with E-state index < -0.39 is 5.60 Å². The number of aromatic nitrogens is 5. The van der Waals surface area contributed by atoms with Crippen molar-refractivity contribution < 1.29 is 9.90 Å². The molecular weight excluding hydrogens is 578 g/mol. The first-order chi connectivity index (χ1) is 21.9. The maximum Gasteiger partial charge on any atom is 0.258 e. The Kier molecular flexibility index (Phi) is 7.89. The van der Waals surface area contributed by atoms with E-state index in [1.165, 1.54) is 51.9 Å². The van der Waals surface area contributed by atoms with Crippen molar-refractivity contribution in [2.24, 2.45) is 12.5 Å². The van der Waals surface area contributed by atoms with Crippen LogP contribution in [0, 0.1) is 12.3 Å². The second kappa shape index (κ2) is 11.8. The van der Waals surface area contributed by atoms with Gasteiger partial charge in [0.2, 0.25) is 5.95 Å². The number of aryl methyl sites for hydroxylation is 2. The first-order valence-corrected chi connectivity index (χ1v) is 16.6. The lowest BCUT2D eigenvalue weighted by atomic mass is 9.72. The number of anilines is 2. The number of amides is 1. The molecular formula is C35H47N9O2. The summed E-state index contributed by atoms with van der Waals surface area (Å²) in [5.74, 6) is 0.133. The summed E-state index contributed by atoms with van der Waals surface area (Å²) < 4.78 is 3.65. The predicted molar refractivity (Wildman–Crippen MR) is 181 cm³/mol. The van der Waals surface area contributed by atoms with Crippen LogP contribution in [-0.4, -0.2) is 103 Å². The van der Waals surface area contributed by atoms with Crippen LogP contribution in [0.25, 0.3) is 22.3 Å². The van der Waals surface area contributed by atoms with E-state index >= 15 is 0 Å². The fourth-order valence-corrected chi connectivity index (χ4v) is 7.89. The van der Waals surface area contributed by atoms with E-state index in [4.69, 9.17) is 4.98 Å². The molecule has 0 atom stereocenters. The third-order valence-corrected chi connectivity index (χ3v) is 10.1. The molecule has 0 unspecified atom stereocenters. The van der Waals surface area contributed by atoms with Crippen LogP contribution in [0.5, 0.6) is 0 Å². The molecule has 11 nitrogen and oxygen atoms in total. The van der Waals surface area contributed by atoms with Crippen LogP contribution in [0.2, 0.25) is 0 Å². The highest BCUT2D eigenvalue weighted by Gasteiger charge is 2.44. The summed E-state index contributed by atoms with van der Waals surface area (Å²) in [6.45, 7) is 12.8. The van der Waals surface area contributed by atoms with Crippen molar-refractivity contribution in [1.82, 2.24) is 34.1 Å². The number of hydrogen-bond acceptors (Lipinski definition) is 8. The number of carbonyl (C=O) groups is 1. The van der Waals surface area contributed by atoms with Gasteiger partial charge in [-0.1, -0.05) is 0 Å². The lowest BCUT2D eigenvalue weighted by Crippen LogP contribution is -2.60. The predicted octanol–water partition coefficient (Wildman–Crippen LogP) is 4.16. The second-order valence-corrected chi connectivity index (χ2v) is 14.7. The molecule has 244 valence electrons. The maximum atomic E-state index is 13.6. The largest absolute Gasteiger partial charge is 0.389 e. The summed E-state index contributed by atoms with van der Waals surface area (Å²) in [5, 5.41) is 18.1. The number of benzene rings is 1. The van der Waals surface area contributed by atoms with Gasteiger partial charge in [-0.2, -0.15) is 5.10 Å². The highest BCUT2D eigenvalue weighted by atomic mass is 16.3. The van der Waals surface area contributed by atoms with Crippen molar-refractivity contribution in [2.75, 3.05) is 56.5 Å². The van der Waals surface area contributed by atoms with Gasteiger partial charge in [0, 0.05) is 68.0 Å². The normalized spacial score (nSPS) is 19.6. The summed E-state index contributed by atoms with van der Waals surface area (Å²) in [7, 11) is 4.09. The Bertz CT molecular complexity index is 1730. The van der Waals surface area contributed by atoms with Crippen molar-refractivity contribution in [1.29, 1.82) is 0 Å². The number of fused-ring (bicyclic) bond motifs is 1. The molecule has 3 fully saturated rings. The summed E-state index contributed by atoms with van der Waals surface area (Å²) in [5.41, 5.74) is 5.16. The molecule has 46 heavy (non-hydrogen) atoms. The minimum absolute atomic E-state index is 0.279. The monoisotopic (exact) mass is 625 g/mol. The van der Waals surface area contributed by atoms with Gasteiger partial charge >= 0.3 is 0 Å². The van der Waals surface area contributed by atoms with E-state index in [0.717, 1.165) is 41.1 Å². The third-order valence-electron chi connectivity index (χ3n) is 10.1. The number of rotatable bonds is 7. The Morgan fingerprint density at radius 1 is 1.04 bits per heavy atom. The van der Waals surface area contributed by atoms with Crippen molar-refractivity contribution in [3.63, 3.8) is 0 Å². The summed E-state index contributed by atoms with van der Waals surface area (Å²) >= 11 is 0. The number of imidazole rings is 1. The number of aliphatic hydroxyl groups is 1. The molecule has 7 rings (SSSR count). The lowest BCUT2D eigenvalue weighted by Gasteiger charge is -2.54. The number of hydrogen-bond donors (Lipinski definition) is 2. The number of carbonyl (C=O) groups excluding carboxylic acids is 1. The van der Waals surface area contributed by atoms with Crippen LogP contribution in [0.15, 0.2) is 42.7 Å². The van der Waals surface area contributed by atoms with Gasteiger partial charge in [-0.25, -0.2) is 4.98 Å². The molecule has 3 aromatic heterocycles. The van der Waals surface area contributed by atoms with Crippen molar-refractivity contribution in [3.8, 4) is 11.3 Å². The highest BCUT2D eigenvalue weighted by Crippen LogP contribution is 2.40. The zero-order chi connectivity index (χ0) is 32.2. The van der Waals surface area contributed by atoms with Crippen LogP contribution >= 0.6 is 0 Å². The molecule has 0 radical (unpaired) electrons. The Morgan fingerprint density at radius 3 is 2.43 bits per heavy atom. The summed E-state index contributed by atoms with van der Waals surface area (Å²) in [4.78, 5) is 30.7. The molecule has 3 aliphatic heterocycles. The van der Waals surface area contributed by atoms with Crippen LogP contribution in [0.4, 0.5) is 11.6 Å². The van der Waals surface area contributed by atoms with Gasteiger partial charge in [-0.15, -0.1) is 0 Å². The minimum atomic E-state index is -1.01. The van der Waals surface area contributed by atoms with E-state index in [2.05, 4.69) is 49.3 Å². The molecule has 4 aromatic rings. The van der Waals surface area contributed by atoms with Crippen molar-refractivity contribution in [2.45, 2.75) is 64.6 Å². The van der Waals surface area contributed by atoms with Gasteiger partial charge in [0.25, 0.3) is 5.91 Å². The first-order valence-electron chi connectivity index (χ1n) is 16.6. The van der Waals surface area contributed by atoms with Crippen LogP contribution in [0.1, 0.15) is 55.6 Å². The fourth-order valence-electron chi connectivity index (χ4n) is 7.89. The number of pyridine rings is 1. The SMILES string of the molecule is Cc1cc(C(=O)Nc2nc3ccc(N4CCC(N5CCC6(CC5)CN(C)C6)CC4)cc3n2CC(C)(C)O)cc(-c2cnn(C)c2)n1. The minimum Gasteiger partial charge on any atom is -0.389 e. The average Bonchev–Trinajstić information content (AvgIpc) is 3.58. The Morgan fingerprint density at radius 2 is 1.78 bits per heavy atom. The van der Waals surface area contributed by atoms with E-state index in [1.807, 2.05) is 30.8 Å². The highest BCUT2D eigenvalue weighted by molar-refractivity contribution is 6.04. The molecule has 1 aromatic carbocycles. The molecule has 1 spiro atoms. The second-order valence-electron chi connectivity index (χ2n) is 14.7. The van der Waals surface area contributed by atoms with Gasteiger partial charge in [-0.3, -0.25) is 19.8 Å². The molecule has 3 aliphatic rings. The molecule has 6 heterocycles. The van der Waals surface area contributed by atoms with Gasteiger partial charge < -0.3 is 24.4 Å². The lowest BCUT2D eigenvalue weighted by molar-refractivity contribution is -0.0419. The Labute approximate surface area is 271 Å². The van der Waals surface area contributed by atoms with Crippen LogP contribution < -0.4 is 10.2 Å². The molecule has 2 N–H and O–H groups in total. The molecule has 0 aliphatic carbocycles. The van der Waals surface area contributed by atoms with E-state index in [-0.39, 0.29) is 12.5 Å². The zero-order valence-corrected chi connectivity index (χ0v) is 27.8. The van der Waals surface area contributed by atoms with Gasteiger partial charge in [0.1, 0.15) is 0 Å². The molecule has 11 heteroatoms. The third kappa shape index (κ3) is 6.28. The molecule has 0 bridgehead atoms. The fraction of sp³-hybridized carbons (Fsp3) is 0.543. The zero-order valence-electron chi connectivity index (χ0n) is 27.8. The topological polar surface area (TPSA) is 108 Å². The number of likely N-dealkylation sites (tertiary alicyclic amines) is 2. The van der Waals surface area contributed by atoms with E-state index in [1.54, 1.807) is 36.9 Å². The van der Waals surface area contributed by atoms with Gasteiger partial charge in [0.05, 0.1) is 35.1 Å². The van der Waals surface area contributed by atoms with E-state index in [9.17, 15) is 9.90 Å². The molecule has 3 saturated heterocycles. The quantitative estimate of drug-likeness (QED) is 0.316. The van der Waals surface area contributed by atoms with Crippen LogP contribution in [0.3, 0.4) is 0 Å². The Hall–Kier alpha value is -3.80. The first kappa shape index (κ1) is 30.8. The Balaban J connectivity index is 1.08. The number of nitrogens with zero attached hydrogens (tertiary/aromatic N) is 8. The van der Waals surface area contributed by atoms with Gasteiger partial charge in [-0.05, 0) is 102 Å². The molecule has 1 amide bonds. The smallest absolute Gasteiger partial charge is 0.258 e. The summed E-state index contributed by atoms with van der Waals surface area (Å²) in [6, 6.07) is 10.5. The number of piperidine rings is 2. The molecule has 0 saturated carbocycles. The standard InChI is InChI=1S/C35H47N9O2/c1-24-16-25(17-30(37-24)26-19-36-41(5)20-26)32(45)39-33-38-29-7-6-28(18-31(29)44(33)21-34(2,3)46)42-12-8-27(9-13-42)43-14-10-35(11-15-43)22-40(4)23-35/h6-7,16-20,27,46H,8-15,21-23H2,1-5H3,(H,38,39,45). The van der Waals surface area contributed by atoms with Gasteiger partial charge in [0.15, 0.2) is 0 Å². The maximum absolute atomic E-state index is 13.6. The van der Waals surface area contributed by atoms with E-state index in [0.29, 0.717) is 28.7 Å². The van der Waals surface area contributed by atoms with Crippen LogP contribution in [-0.2, 0) is 13.6 Å².